The van der Waals surface area contributed by atoms with Crippen LogP contribution < -0.4 is 0 Å². The van der Waals surface area contributed by atoms with E-state index in [1.54, 1.807) is 12.1 Å². The standard InChI is InChI=1S/C19H16N2O3/c1-12-16(20-19(23-12)13-5-3-2-4-6-13)9-10-17-15-8-7-14(22)11-18(15)24-21-17/h2-8,11,22H,9-10H2,1H3. The summed E-state index contributed by atoms with van der Waals surface area (Å²) >= 11 is 0. The normalized spacial score (nSPS) is 11.2. The van der Waals surface area contributed by atoms with Crippen LogP contribution in [0.5, 0.6) is 5.75 Å². The largest absolute Gasteiger partial charge is 0.508 e. The summed E-state index contributed by atoms with van der Waals surface area (Å²) in [5, 5.41) is 14.5. The molecule has 5 heteroatoms. The fourth-order valence-electron chi connectivity index (χ4n) is 2.76. The number of rotatable bonds is 4. The summed E-state index contributed by atoms with van der Waals surface area (Å²) in [7, 11) is 0. The lowest BCUT2D eigenvalue weighted by Crippen LogP contribution is -1.94. The number of phenolic OH excluding ortho intramolecular Hbond substituents is 1. The molecular weight excluding hydrogens is 304 g/mol. The summed E-state index contributed by atoms with van der Waals surface area (Å²) in [5.41, 5.74) is 3.33. The van der Waals surface area contributed by atoms with E-state index in [0.717, 1.165) is 28.1 Å². The van der Waals surface area contributed by atoms with Gasteiger partial charge in [-0.15, -0.1) is 0 Å². The quantitative estimate of drug-likeness (QED) is 0.607. The number of oxazole rings is 1. The molecule has 1 N–H and O–H groups in total. The number of benzene rings is 2. The molecule has 0 bridgehead atoms. The van der Waals surface area contributed by atoms with E-state index in [4.69, 9.17) is 8.94 Å². The van der Waals surface area contributed by atoms with Crippen LogP contribution in [0.3, 0.4) is 0 Å². The van der Waals surface area contributed by atoms with Crippen LogP contribution in [0.1, 0.15) is 17.1 Å². The molecule has 0 aliphatic heterocycles. The maximum atomic E-state index is 9.48. The molecule has 5 nitrogen and oxygen atoms in total. The molecule has 120 valence electrons. The number of nitrogens with zero attached hydrogens (tertiary/aromatic N) is 2. The van der Waals surface area contributed by atoms with Crippen molar-refractivity contribution < 1.29 is 14.0 Å². The van der Waals surface area contributed by atoms with Crippen molar-refractivity contribution in [1.82, 2.24) is 10.1 Å². The lowest BCUT2D eigenvalue weighted by Gasteiger charge is -1.96. The number of phenols is 1. The first-order chi connectivity index (χ1) is 11.7. The summed E-state index contributed by atoms with van der Waals surface area (Å²) in [5.74, 6) is 1.63. The molecule has 0 atom stereocenters. The summed E-state index contributed by atoms with van der Waals surface area (Å²) in [6.07, 6.45) is 1.41. The lowest BCUT2D eigenvalue weighted by molar-refractivity contribution is 0.440. The second-order valence-electron chi connectivity index (χ2n) is 5.70. The van der Waals surface area contributed by atoms with Crippen LogP contribution in [0.25, 0.3) is 22.4 Å². The summed E-state index contributed by atoms with van der Waals surface area (Å²) in [6.45, 7) is 1.92. The van der Waals surface area contributed by atoms with Crippen LogP contribution in [-0.4, -0.2) is 15.2 Å². The zero-order valence-electron chi connectivity index (χ0n) is 13.2. The Labute approximate surface area is 138 Å². The average Bonchev–Trinajstić information content (AvgIpc) is 3.17. The molecule has 0 radical (unpaired) electrons. The maximum Gasteiger partial charge on any atom is 0.226 e. The van der Waals surface area contributed by atoms with Gasteiger partial charge in [0.15, 0.2) is 5.58 Å². The maximum absolute atomic E-state index is 9.48. The number of aromatic hydroxyl groups is 1. The molecule has 0 fully saturated rings. The number of aryl methyl sites for hydroxylation is 3. The highest BCUT2D eigenvalue weighted by atomic mass is 16.5. The third-order valence-corrected chi connectivity index (χ3v) is 4.04. The Morgan fingerprint density at radius 2 is 1.79 bits per heavy atom. The van der Waals surface area contributed by atoms with Gasteiger partial charge >= 0.3 is 0 Å². The first-order valence-electron chi connectivity index (χ1n) is 7.80. The second kappa shape index (κ2) is 5.85. The molecule has 4 rings (SSSR count). The van der Waals surface area contributed by atoms with Crippen molar-refractivity contribution in [3.05, 3.63) is 65.7 Å². The first-order valence-corrected chi connectivity index (χ1v) is 7.80. The molecule has 0 saturated heterocycles. The minimum Gasteiger partial charge on any atom is -0.508 e. The summed E-state index contributed by atoms with van der Waals surface area (Å²) in [4.78, 5) is 4.61. The lowest BCUT2D eigenvalue weighted by atomic mass is 10.1. The molecule has 24 heavy (non-hydrogen) atoms. The van der Waals surface area contributed by atoms with Crippen LogP contribution in [0.2, 0.25) is 0 Å². The molecule has 4 aromatic rings. The van der Waals surface area contributed by atoms with Gasteiger partial charge in [-0.3, -0.25) is 0 Å². The second-order valence-corrected chi connectivity index (χ2v) is 5.70. The van der Waals surface area contributed by atoms with Gasteiger partial charge in [0, 0.05) is 17.0 Å². The number of hydrogen-bond donors (Lipinski definition) is 1. The molecule has 0 saturated carbocycles. The summed E-state index contributed by atoms with van der Waals surface area (Å²) in [6, 6.07) is 14.9. The van der Waals surface area contributed by atoms with E-state index in [0.29, 0.717) is 24.3 Å². The van der Waals surface area contributed by atoms with Gasteiger partial charge in [0.05, 0.1) is 11.4 Å². The third kappa shape index (κ3) is 2.65. The van der Waals surface area contributed by atoms with Crippen molar-refractivity contribution >= 4 is 11.0 Å². The Hall–Kier alpha value is -3.08. The van der Waals surface area contributed by atoms with E-state index in [1.807, 2.05) is 43.3 Å². The Morgan fingerprint density at radius 3 is 2.62 bits per heavy atom. The third-order valence-electron chi connectivity index (χ3n) is 4.04. The Bertz CT molecular complexity index is 986. The zero-order chi connectivity index (χ0) is 16.5. The van der Waals surface area contributed by atoms with E-state index < -0.39 is 0 Å². The van der Waals surface area contributed by atoms with Gasteiger partial charge in [0.2, 0.25) is 5.89 Å². The van der Waals surface area contributed by atoms with Crippen molar-refractivity contribution in [3.63, 3.8) is 0 Å². The SMILES string of the molecule is Cc1oc(-c2ccccc2)nc1CCc1noc2cc(O)ccc12. The van der Waals surface area contributed by atoms with Crippen LogP contribution in [-0.2, 0) is 12.8 Å². The van der Waals surface area contributed by atoms with Crippen LogP contribution in [0, 0.1) is 6.92 Å². The monoisotopic (exact) mass is 320 g/mol. The highest BCUT2D eigenvalue weighted by molar-refractivity contribution is 5.80. The summed E-state index contributed by atoms with van der Waals surface area (Å²) < 4.78 is 11.1. The van der Waals surface area contributed by atoms with E-state index in [2.05, 4.69) is 10.1 Å². The van der Waals surface area contributed by atoms with E-state index >= 15 is 0 Å². The van der Waals surface area contributed by atoms with Gasteiger partial charge in [-0.25, -0.2) is 4.98 Å². The van der Waals surface area contributed by atoms with Crippen molar-refractivity contribution in [2.45, 2.75) is 19.8 Å². The van der Waals surface area contributed by atoms with E-state index in [1.165, 1.54) is 0 Å². The Kier molecular flexibility index (Phi) is 3.54. The molecule has 0 aliphatic rings. The fourth-order valence-corrected chi connectivity index (χ4v) is 2.76. The minimum atomic E-state index is 0.171. The zero-order valence-corrected chi connectivity index (χ0v) is 13.2. The smallest absolute Gasteiger partial charge is 0.226 e. The predicted molar refractivity (Wildman–Crippen MR) is 89.8 cm³/mol. The van der Waals surface area contributed by atoms with Gasteiger partial charge in [-0.2, -0.15) is 0 Å². The molecule has 2 aromatic heterocycles. The molecule has 0 spiro atoms. The Morgan fingerprint density at radius 1 is 1.00 bits per heavy atom. The molecule has 2 aromatic carbocycles. The highest BCUT2D eigenvalue weighted by Crippen LogP contribution is 2.25. The van der Waals surface area contributed by atoms with Crippen molar-refractivity contribution in [3.8, 4) is 17.2 Å². The van der Waals surface area contributed by atoms with Gasteiger partial charge < -0.3 is 14.0 Å². The topological polar surface area (TPSA) is 72.3 Å². The Balaban J connectivity index is 1.56. The number of hydrogen-bond acceptors (Lipinski definition) is 5. The number of fused-ring (bicyclic) bond motifs is 1. The van der Waals surface area contributed by atoms with E-state index in [-0.39, 0.29) is 5.75 Å². The van der Waals surface area contributed by atoms with Crippen molar-refractivity contribution in [2.24, 2.45) is 0 Å². The van der Waals surface area contributed by atoms with Crippen LogP contribution in [0.15, 0.2) is 57.5 Å². The molecule has 0 amide bonds. The fraction of sp³-hybridized carbons (Fsp3) is 0.158. The van der Waals surface area contributed by atoms with Gasteiger partial charge in [0.1, 0.15) is 11.5 Å². The molecular formula is C19H16N2O3. The average molecular weight is 320 g/mol. The van der Waals surface area contributed by atoms with Crippen LogP contribution >= 0.6 is 0 Å². The molecule has 0 aliphatic carbocycles. The van der Waals surface area contributed by atoms with Crippen molar-refractivity contribution in [1.29, 1.82) is 0 Å². The van der Waals surface area contributed by atoms with Crippen molar-refractivity contribution in [2.75, 3.05) is 0 Å². The molecule has 0 unspecified atom stereocenters. The van der Waals surface area contributed by atoms with Gasteiger partial charge in [-0.1, -0.05) is 23.4 Å². The van der Waals surface area contributed by atoms with Gasteiger partial charge in [0.25, 0.3) is 0 Å². The molecule has 2 heterocycles. The van der Waals surface area contributed by atoms with E-state index in [9.17, 15) is 5.11 Å². The predicted octanol–water partition coefficient (Wildman–Crippen LogP) is 4.28. The number of aromatic nitrogens is 2. The van der Waals surface area contributed by atoms with Gasteiger partial charge in [-0.05, 0) is 44.0 Å². The van der Waals surface area contributed by atoms with Crippen LogP contribution in [0.4, 0.5) is 0 Å². The minimum absolute atomic E-state index is 0.171. The highest BCUT2D eigenvalue weighted by Gasteiger charge is 2.14. The first kappa shape index (κ1) is 14.5.